The molecule has 1 aromatic heterocycles. The number of benzene rings is 1. The van der Waals surface area contributed by atoms with Crippen molar-refractivity contribution in [1.82, 2.24) is 0 Å². The molecule has 21 heavy (non-hydrogen) atoms. The van der Waals surface area contributed by atoms with Gasteiger partial charge < -0.3 is 10.4 Å². The number of thiophene rings is 1. The number of halogens is 1. The van der Waals surface area contributed by atoms with Crippen molar-refractivity contribution in [2.45, 2.75) is 13.3 Å². The van der Waals surface area contributed by atoms with Crippen molar-refractivity contribution in [2.24, 2.45) is 0 Å². The topological polar surface area (TPSA) is 49.3 Å². The third-order valence-electron chi connectivity index (χ3n) is 2.78. The third-order valence-corrected chi connectivity index (χ3v) is 4.12. The fourth-order valence-electron chi connectivity index (χ4n) is 1.69. The van der Waals surface area contributed by atoms with Gasteiger partial charge in [-0.25, -0.2) is 0 Å². The summed E-state index contributed by atoms with van der Waals surface area (Å²) in [6.45, 7) is 1.99. The number of aliphatic hydroxyl groups excluding tert-OH is 1. The summed E-state index contributed by atoms with van der Waals surface area (Å²) in [6, 6.07) is 7.24. The van der Waals surface area contributed by atoms with Gasteiger partial charge in [-0.3, -0.25) is 4.79 Å². The molecule has 1 heterocycles. The number of nitrogens with one attached hydrogen (secondary N) is 1. The summed E-state index contributed by atoms with van der Waals surface area (Å²) in [7, 11) is 0. The minimum atomic E-state index is -0.229. The lowest BCUT2D eigenvalue weighted by atomic mass is 10.1. The quantitative estimate of drug-likeness (QED) is 0.848. The monoisotopic (exact) mass is 319 g/mol. The Kier molecular flexibility index (Phi) is 5.40. The highest BCUT2D eigenvalue weighted by atomic mass is 35.5. The SMILES string of the molecule is Cc1ccc(NC(=O)c2sccc2Cl)cc1C#CCCO. The van der Waals surface area contributed by atoms with Gasteiger partial charge in [0.05, 0.1) is 11.6 Å². The van der Waals surface area contributed by atoms with E-state index in [-0.39, 0.29) is 12.5 Å². The summed E-state index contributed by atoms with van der Waals surface area (Å²) < 4.78 is 0. The Balaban J connectivity index is 2.18. The average molecular weight is 320 g/mol. The van der Waals surface area contributed by atoms with E-state index < -0.39 is 0 Å². The van der Waals surface area contributed by atoms with Crippen LogP contribution in [0.15, 0.2) is 29.6 Å². The first-order valence-corrected chi connectivity index (χ1v) is 7.62. The standard InChI is InChI=1S/C16H14ClNO2S/c1-11-5-6-13(10-12(11)4-2-3-8-19)18-16(20)15-14(17)7-9-21-15/h5-7,9-10,19H,3,8H2,1H3,(H,18,20). The molecular weight excluding hydrogens is 306 g/mol. The maximum absolute atomic E-state index is 12.1. The highest BCUT2D eigenvalue weighted by Gasteiger charge is 2.12. The van der Waals surface area contributed by atoms with Crippen molar-refractivity contribution >= 4 is 34.5 Å². The van der Waals surface area contributed by atoms with Crippen molar-refractivity contribution in [2.75, 3.05) is 11.9 Å². The molecular formula is C16H14ClNO2S. The largest absolute Gasteiger partial charge is 0.395 e. The van der Waals surface area contributed by atoms with E-state index in [9.17, 15) is 4.79 Å². The van der Waals surface area contributed by atoms with Gasteiger partial charge in [-0.15, -0.1) is 11.3 Å². The molecule has 3 nitrogen and oxygen atoms in total. The Hall–Kier alpha value is -1.80. The van der Waals surface area contributed by atoms with Crippen LogP contribution in [0, 0.1) is 18.8 Å². The van der Waals surface area contributed by atoms with Gasteiger partial charge in [-0.1, -0.05) is 29.5 Å². The normalized spacial score (nSPS) is 9.86. The van der Waals surface area contributed by atoms with Gasteiger partial charge >= 0.3 is 0 Å². The number of aryl methyl sites for hydroxylation is 1. The molecule has 2 rings (SSSR count). The van der Waals surface area contributed by atoms with Crippen molar-refractivity contribution in [3.8, 4) is 11.8 Å². The molecule has 5 heteroatoms. The maximum atomic E-state index is 12.1. The number of carbonyl (C=O) groups excluding carboxylic acids is 1. The number of carbonyl (C=O) groups is 1. The molecule has 0 radical (unpaired) electrons. The summed E-state index contributed by atoms with van der Waals surface area (Å²) in [6.07, 6.45) is 0.431. The van der Waals surface area contributed by atoms with E-state index in [1.807, 2.05) is 25.1 Å². The van der Waals surface area contributed by atoms with E-state index >= 15 is 0 Å². The van der Waals surface area contributed by atoms with Gasteiger partial charge in [-0.2, -0.15) is 0 Å². The first kappa shape index (κ1) is 15.6. The fraction of sp³-hybridized carbons (Fsp3) is 0.188. The molecule has 0 fully saturated rings. The summed E-state index contributed by atoms with van der Waals surface area (Å²) in [5.74, 6) is 5.64. The smallest absolute Gasteiger partial charge is 0.267 e. The fourth-order valence-corrected chi connectivity index (χ4v) is 2.73. The van der Waals surface area contributed by atoms with Gasteiger partial charge in [0.15, 0.2) is 0 Å². The molecule has 2 aromatic rings. The zero-order valence-electron chi connectivity index (χ0n) is 11.4. The van der Waals surface area contributed by atoms with E-state index in [1.54, 1.807) is 11.4 Å². The first-order chi connectivity index (χ1) is 10.1. The molecule has 2 N–H and O–H groups in total. The number of aliphatic hydroxyl groups is 1. The van der Waals surface area contributed by atoms with Gasteiger partial charge in [0.1, 0.15) is 4.88 Å². The summed E-state index contributed by atoms with van der Waals surface area (Å²) in [5.41, 5.74) is 2.52. The van der Waals surface area contributed by atoms with E-state index in [1.165, 1.54) is 11.3 Å². The van der Waals surface area contributed by atoms with Crippen LogP contribution in [0.25, 0.3) is 0 Å². The molecule has 0 aliphatic heterocycles. The van der Waals surface area contributed by atoms with E-state index in [4.69, 9.17) is 16.7 Å². The molecule has 0 bridgehead atoms. The van der Waals surface area contributed by atoms with Crippen LogP contribution in [0.1, 0.15) is 27.2 Å². The minimum Gasteiger partial charge on any atom is -0.395 e. The van der Waals surface area contributed by atoms with Crippen LogP contribution >= 0.6 is 22.9 Å². The van der Waals surface area contributed by atoms with Crippen molar-refractivity contribution < 1.29 is 9.90 Å². The molecule has 108 valence electrons. The second kappa shape index (κ2) is 7.28. The Morgan fingerprint density at radius 2 is 2.24 bits per heavy atom. The number of amides is 1. The van der Waals surface area contributed by atoms with E-state index in [0.717, 1.165) is 11.1 Å². The molecule has 0 saturated carbocycles. The lowest BCUT2D eigenvalue weighted by Gasteiger charge is -2.06. The molecule has 0 unspecified atom stereocenters. The number of rotatable bonds is 3. The van der Waals surface area contributed by atoms with Crippen molar-refractivity contribution in [3.63, 3.8) is 0 Å². The molecule has 0 aliphatic rings. The highest BCUT2D eigenvalue weighted by Crippen LogP contribution is 2.23. The Morgan fingerprint density at radius 3 is 2.90 bits per heavy atom. The first-order valence-electron chi connectivity index (χ1n) is 6.36. The van der Waals surface area contributed by atoms with Gasteiger partial charge in [0.25, 0.3) is 5.91 Å². The molecule has 1 amide bonds. The lowest BCUT2D eigenvalue weighted by Crippen LogP contribution is -2.10. The number of hydrogen-bond donors (Lipinski definition) is 2. The zero-order chi connectivity index (χ0) is 15.2. The Bertz CT molecular complexity index is 713. The molecule has 1 aromatic carbocycles. The lowest BCUT2D eigenvalue weighted by molar-refractivity contribution is 0.103. The average Bonchev–Trinajstić information content (AvgIpc) is 2.89. The zero-order valence-corrected chi connectivity index (χ0v) is 13.0. The van der Waals surface area contributed by atoms with Crippen LogP contribution in [0.5, 0.6) is 0 Å². The van der Waals surface area contributed by atoms with Gasteiger partial charge in [-0.05, 0) is 36.1 Å². The molecule has 0 spiro atoms. The maximum Gasteiger partial charge on any atom is 0.267 e. The second-order valence-corrected chi connectivity index (χ2v) is 5.68. The van der Waals surface area contributed by atoms with Crippen LogP contribution in [-0.2, 0) is 0 Å². The van der Waals surface area contributed by atoms with Gasteiger partial charge in [0.2, 0.25) is 0 Å². The molecule has 0 saturated heterocycles. The predicted octanol–water partition coefficient (Wildman–Crippen LogP) is 3.70. The van der Waals surface area contributed by atoms with E-state index in [0.29, 0.717) is 22.0 Å². The molecule has 0 atom stereocenters. The van der Waals surface area contributed by atoms with Crippen LogP contribution in [0.2, 0.25) is 5.02 Å². The van der Waals surface area contributed by atoms with Crippen LogP contribution < -0.4 is 5.32 Å². The summed E-state index contributed by atoms with van der Waals surface area (Å²) >= 11 is 7.25. The minimum absolute atomic E-state index is 0.0410. The van der Waals surface area contributed by atoms with Crippen LogP contribution in [0.3, 0.4) is 0 Å². The van der Waals surface area contributed by atoms with Crippen LogP contribution in [0.4, 0.5) is 5.69 Å². The highest BCUT2D eigenvalue weighted by molar-refractivity contribution is 7.12. The van der Waals surface area contributed by atoms with E-state index in [2.05, 4.69) is 17.2 Å². The predicted molar refractivity (Wildman–Crippen MR) is 87.0 cm³/mol. The Morgan fingerprint density at radius 1 is 1.43 bits per heavy atom. The van der Waals surface area contributed by atoms with Crippen LogP contribution in [-0.4, -0.2) is 17.6 Å². The number of anilines is 1. The second-order valence-electron chi connectivity index (χ2n) is 4.36. The van der Waals surface area contributed by atoms with Crippen molar-refractivity contribution in [1.29, 1.82) is 0 Å². The number of hydrogen-bond acceptors (Lipinski definition) is 3. The van der Waals surface area contributed by atoms with Gasteiger partial charge in [0, 0.05) is 17.7 Å². The Labute approximate surface area is 132 Å². The summed E-state index contributed by atoms with van der Waals surface area (Å²) in [4.78, 5) is 12.6. The molecule has 0 aliphatic carbocycles. The van der Waals surface area contributed by atoms with Crippen molar-refractivity contribution in [3.05, 3.63) is 50.7 Å². The third kappa shape index (κ3) is 4.08. The summed E-state index contributed by atoms with van der Waals surface area (Å²) in [5, 5.41) is 13.8.